The van der Waals surface area contributed by atoms with Gasteiger partial charge in [-0.3, -0.25) is 0 Å². The summed E-state index contributed by atoms with van der Waals surface area (Å²) >= 11 is 0. The van der Waals surface area contributed by atoms with Gasteiger partial charge in [0.2, 0.25) is 5.95 Å². The van der Waals surface area contributed by atoms with Crippen LogP contribution >= 0.6 is 0 Å². The van der Waals surface area contributed by atoms with Gasteiger partial charge in [0, 0.05) is 5.69 Å². The van der Waals surface area contributed by atoms with Crippen LogP contribution in [0.2, 0.25) is 0 Å². The second-order valence-corrected chi connectivity index (χ2v) is 6.27. The van der Waals surface area contributed by atoms with Crippen molar-refractivity contribution in [3.05, 3.63) is 65.4 Å². The number of hydrogen-bond donors (Lipinski definition) is 2. The molecule has 26 heavy (non-hydrogen) atoms. The number of para-hydroxylation sites is 2. The molecule has 0 saturated heterocycles. The van der Waals surface area contributed by atoms with Gasteiger partial charge in [-0.05, 0) is 36.1 Å². The summed E-state index contributed by atoms with van der Waals surface area (Å²) in [5, 5.41) is 23.6. The molecule has 0 aliphatic carbocycles. The summed E-state index contributed by atoms with van der Waals surface area (Å²) < 4.78 is 0. The molecule has 0 amide bonds. The van der Waals surface area contributed by atoms with Crippen molar-refractivity contribution in [2.45, 2.75) is 26.7 Å². The van der Waals surface area contributed by atoms with E-state index in [0.717, 1.165) is 11.3 Å². The zero-order valence-electron chi connectivity index (χ0n) is 15.0. The third kappa shape index (κ3) is 3.78. The summed E-state index contributed by atoms with van der Waals surface area (Å²) in [5.74, 6) is 1.30. The molecule has 0 saturated carbocycles. The fraction of sp³-hybridized carbons (Fsp3) is 0.200. The Morgan fingerprint density at radius 1 is 1.04 bits per heavy atom. The van der Waals surface area contributed by atoms with Crippen LogP contribution in [0.4, 0.5) is 23.1 Å². The second-order valence-electron chi connectivity index (χ2n) is 6.27. The molecule has 0 unspecified atom stereocenters. The first kappa shape index (κ1) is 17.4. The number of nitrogens with zero attached hydrogens (tertiary/aromatic N) is 4. The summed E-state index contributed by atoms with van der Waals surface area (Å²) in [6.45, 7) is 6.37. The van der Waals surface area contributed by atoms with Gasteiger partial charge in [-0.1, -0.05) is 44.2 Å². The summed E-state index contributed by atoms with van der Waals surface area (Å²) in [5.41, 5.74) is 4.56. The SMILES string of the molecule is Cc1cccc(C(C)C)c1Nc1cnnc(Nc2ccccc2C#N)n1. The van der Waals surface area contributed by atoms with Crippen LogP contribution < -0.4 is 10.6 Å². The van der Waals surface area contributed by atoms with Gasteiger partial charge in [0.1, 0.15) is 6.07 Å². The fourth-order valence-electron chi connectivity index (χ4n) is 2.70. The Bertz CT molecular complexity index is 959. The molecule has 3 aromatic rings. The molecule has 0 aliphatic rings. The van der Waals surface area contributed by atoms with Gasteiger partial charge in [0.25, 0.3) is 0 Å². The van der Waals surface area contributed by atoms with Crippen molar-refractivity contribution >= 4 is 23.1 Å². The number of nitriles is 1. The first-order valence-electron chi connectivity index (χ1n) is 8.41. The lowest BCUT2D eigenvalue weighted by atomic mass is 9.98. The van der Waals surface area contributed by atoms with Crippen LogP contribution in [0.1, 0.15) is 36.5 Å². The Kier molecular flexibility index (Phi) is 5.09. The van der Waals surface area contributed by atoms with Gasteiger partial charge in [-0.25, -0.2) is 0 Å². The Balaban J connectivity index is 1.89. The molecule has 1 aromatic heterocycles. The minimum atomic E-state index is 0.331. The van der Waals surface area contributed by atoms with E-state index in [1.54, 1.807) is 18.3 Å². The zero-order chi connectivity index (χ0) is 18.5. The molecule has 1 heterocycles. The van der Waals surface area contributed by atoms with Crippen LogP contribution in [0.25, 0.3) is 0 Å². The number of rotatable bonds is 5. The van der Waals surface area contributed by atoms with E-state index in [-0.39, 0.29) is 0 Å². The average molecular weight is 344 g/mol. The van der Waals surface area contributed by atoms with Crippen LogP contribution in [0, 0.1) is 18.3 Å². The number of hydrogen-bond acceptors (Lipinski definition) is 6. The predicted molar refractivity (Wildman–Crippen MR) is 103 cm³/mol. The first-order chi connectivity index (χ1) is 12.6. The monoisotopic (exact) mass is 344 g/mol. The van der Waals surface area contributed by atoms with Crippen molar-refractivity contribution < 1.29 is 0 Å². The molecule has 0 radical (unpaired) electrons. The molecule has 6 nitrogen and oxygen atoms in total. The van der Waals surface area contributed by atoms with E-state index in [0.29, 0.717) is 28.9 Å². The number of aryl methyl sites for hydroxylation is 1. The number of nitrogens with one attached hydrogen (secondary N) is 2. The fourth-order valence-corrected chi connectivity index (χ4v) is 2.70. The van der Waals surface area contributed by atoms with Crippen molar-refractivity contribution in [3.8, 4) is 6.07 Å². The summed E-state index contributed by atoms with van der Waals surface area (Å²) in [4.78, 5) is 4.48. The quantitative estimate of drug-likeness (QED) is 0.700. The van der Waals surface area contributed by atoms with E-state index in [2.05, 4.69) is 70.9 Å². The van der Waals surface area contributed by atoms with Crippen molar-refractivity contribution in [2.75, 3.05) is 10.6 Å². The van der Waals surface area contributed by atoms with E-state index in [1.165, 1.54) is 5.56 Å². The lowest BCUT2D eigenvalue weighted by Gasteiger charge is -2.17. The molecular weight excluding hydrogens is 324 g/mol. The van der Waals surface area contributed by atoms with E-state index < -0.39 is 0 Å². The van der Waals surface area contributed by atoms with E-state index in [1.807, 2.05) is 12.1 Å². The third-order valence-corrected chi connectivity index (χ3v) is 4.03. The third-order valence-electron chi connectivity index (χ3n) is 4.03. The normalized spacial score (nSPS) is 10.4. The highest BCUT2D eigenvalue weighted by atomic mass is 15.3. The highest BCUT2D eigenvalue weighted by Crippen LogP contribution is 2.29. The standard InChI is InChI=1S/C20H20N6/c1-13(2)16-9-6-7-14(3)19(16)24-18-12-22-26-20(25-18)23-17-10-5-4-8-15(17)11-21/h4-10,12-13H,1-3H3,(H2,23,24,25,26). The Labute approximate surface area is 152 Å². The van der Waals surface area contributed by atoms with E-state index in [9.17, 15) is 5.26 Å². The topological polar surface area (TPSA) is 86.5 Å². The van der Waals surface area contributed by atoms with Crippen LogP contribution in [0.5, 0.6) is 0 Å². The smallest absolute Gasteiger partial charge is 0.249 e. The van der Waals surface area contributed by atoms with Gasteiger partial charge in [-0.2, -0.15) is 15.3 Å². The lowest BCUT2D eigenvalue weighted by Crippen LogP contribution is -2.05. The van der Waals surface area contributed by atoms with Gasteiger partial charge in [0.15, 0.2) is 5.82 Å². The zero-order valence-corrected chi connectivity index (χ0v) is 15.0. The predicted octanol–water partition coefficient (Wildman–Crippen LogP) is 4.66. The van der Waals surface area contributed by atoms with E-state index >= 15 is 0 Å². The Morgan fingerprint density at radius 2 is 1.85 bits per heavy atom. The maximum absolute atomic E-state index is 9.20. The maximum Gasteiger partial charge on any atom is 0.249 e. The second kappa shape index (κ2) is 7.62. The van der Waals surface area contributed by atoms with Crippen LogP contribution in [0.3, 0.4) is 0 Å². The molecule has 0 atom stereocenters. The maximum atomic E-state index is 9.20. The average Bonchev–Trinajstić information content (AvgIpc) is 2.64. The first-order valence-corrected chi connectivity index (χ1v) is 8.41. The Morgan fingerprint density at radius 3 is 2.62 bits per heavy atom. The van der Waals surface area contributed by atoms with Crippen molar-refractivity contribution in [1.29, 1.82) is 5.26 Å². The summed E-state index contributed by atoms with van der Waals surface area (Å²) in [6.07, 6.45) is 1.58. The molecule has 0 aliphatic heterocycles. The van der Waals surface area contributed by atoms with Gasteiger partial charge in [-0.15, -0.1) is 5.10 Å². The van der Waals surface area contributed by atoms with Crippen LogP contribution in [-0.2, 0) is 0 Å². The van der Waals surface area contributed by atoms with Crippen molar-refractivity contribution in [1.82, 2.24) is 15.2 Å². The molecular formula is C20H20N6. The van der Waals surface area contributed by atoms with Gasteiger partial charge in [0.05, 0.1) is 17.4 Å². The summed E-state index contributed by atoms with van der Waals surface area (Å²) in [7, 11) is 0. The summed E-state index contributed by atoms with van der Waals surface area (Å²) in [6, 6.07) is 15.6. The van der Waals surface area contributed by atoms with Gasteiger partial charge < -0.3 is 10.6 Å². The number of aromatic nitrogens is 3. The highest BCUT2D eigenvalue weighted by molar-refractivity contribution is 5.67. The molecule has 130 valence electrons. The molecule has 3 rings (SSSR count). The molecule has 2 aromatic carbocycles. The lowest BCUT2D eigenvalue weighted by molar-refractivity contribution is 0.866. The van der Waals surface area contributed by atoms with Crippen LogP contribution in [-0.4, -0.2) is 15.2 Å². The van der Waals surface area contributed by atoms with Gasteiger partial charge >= 0.3 is 0 Å². The minimum Gasteiger partial charge on any atom is -0.338 e. The molecule has 0 bridgehead atoms. The number of anilines is 4. The van der Waals surface area contributed by atoms with E-state index in [4.69, 9.17) is 0 Å². The molecule has 6 heteroatoms. The highest BCUT2D eigenvalue weighted by Gasteiger charge is 2.11. The van der Waals surface area contributed by atoms with Crippen molar-refractivity contribution in [2.24, 2.45) is 0 Å². The minimum absolute atomic E-state index is 0.331. The molecule has 0 spiro atoms. The molecule has 2 N–H and O–H groups in total. The Hall–Kier alpha value is -3.46. The van der Waals surface area contributed by atoms with Crippen molar-refractivity contribution in [3.63, 3.8) is 0 Å². The largest absolute Gasteiger partial charge is 0.338 e. The van der Waals surface area contributed by atoms with Crippen LogP contribution in [0.15, 0.2) is 48.7 Å². The number of benzene rings is 2. The molecule has 0 fully saturated rings.